The molecule has 132 valence electrons. The van der Waals surface area contributed by atoms with Crippen LogP contribution in [0.15, 0.2) is 55.2 Å². The minimum Gasteiger partial charge on any atom is -0.368 e. The summed E-state index contributed by atoms with van der Waals surface area (Å²) in [6.45, 7) is 0.775. The van der Waals surface area contributed by atoms with Crippen molar-refractivity contribution < 1.29 is 9.18 Å². The van der Waals surface area contributed by atoms with Crippen molar-refractivity contribution in [3.63, 3.8) is 0 Å². The standard InChI is InChI=1S/C17H16FN7O/c18-13-7-12(9-19-10-13)17(26)22-6-5-21-15-8-16(24-11-23-15)25-14-3-1-2-4-20-14/h1-4,7-11H,5-6H2,(H,22,26)(H2,20,21,23,24,25). The van der Waals surface area contributed by atoms with Crippen LogP contribution in [0.25, 0.3) is 0 Å². The van der Waals surface area contributed by atoms with E-state index >= 15 is 0 Å². The first-order chi connectivity index (χ1) is 12.7. The lowest BCUT2D eigenvalue weighted by Crippen LogP contribution is -2.29. The molecule has 3 aromatic rings. The maximum absolute atomic E-state index is 13.1. The van der Waals surface area contributed by atoms with Gasteiger partial charge in [-0.05, 0) is 18.2 Å². The van der Waals surface area contributed by atoms with Crippen LogP contribution in [0.3, 0.4) is 0 Å². The Hall–Kier alpha value is -3.62. The summed E-state index contributed by atoms with van der Waals surface area (Å²) in [5.74, 6) is 0.924. The van der Waals surface area contributed by atoms with Gasteiger partial charge in [0.15, 0.2) is 0 Å². The highest BCUT2D eigenvalue weighted by Gasteiger charge is 2.06. The first kappa shape index (κ1) is 17.2. The Morgan fingerprint density at radius 2 is 1.88 bits per heavy atom. The molecule has 0 radical (unpaired) electrons. The molecule has 3 aromatic heterocycles. The first-order valence-electron chi connectivity index (χ1n) is 7.83. The normalized spacial score (nSPS) is 10.2. The fourth-order valence-electron chi connectivity index (χ4n) is 2.09. The van der Waals surface area contributed by atoms with Gasteiger partial charge in [-0.2, -0.15) is 0 Å². The van der Waals surface area contributed by atoms with Gasteiger partial charge in [0.2, 0.25) is 0 Å². The van der Waals surface area contributed by atoms with Crippen LogP contribution < -0.4 is 16.0 Å². The lowest BCUT2D eigenvalue weighted by molar-refractivity contribution is 0.0954. The Labute approximate surface area is 148 Å². The van der Waals surface area contributed by atoms with Gasteiger partial charge in [0.05, 0.1) is 11.8 Å². The monoisotopic (exact) mass is 353 g/mol. The number of nitrogens with one attached hydrogen (secondary N) is 3. The van der Waals surface area contributed by atoms with Crippen LogP contribution in [0, 0.1) is 5.82 Å². The molecule has 8 nitrogen and oxygen atoms in total. The number of halogens is 1. The summed E-state index contributed by atoms with van der Waals surface area (Å²) >= 11 is 0. The molecule has 0 aliphatic rings. The molecule has 0 aliphatic carbocycles. The van der Waals surface area contributed by atoms with Gasteiger partial charge in [-0.25, -0.2) is 19.3 Å². The predicted octanol–water partition coefficient (Wildman–Crippen LogP) is 1.99. The minimum absolute atomic E-state index is 0.175. The molecule has 3 heterocycles. The number of aromatic nitrogens is 4. The zero-order chi connectivity index (χ0) is 18.2. The summed E-state index contributed by atoms with van der Waals surface area (Å²) in [5, 5.41) is 8.81. The smallest absolute Gasteiger partial charge is 0.253 e. The zero-order valence-electron chi connectivity index (χ0n) is 13.7. The van der Waals surface area contributed by atoms with Crippen molar-refractivity contribution in [1.82, 2.24) is 25.3 Å². The van der Waals surface area contributed by atoms with E-state index in [1.165, 1.54) is 12.5 Å². The SMILES string of the molecule is O=C(NCCNc1cc(Nc2ccccn2)ncn1)c1cncc(F)c1. The molecule has 1 amide bonds. The summed E-state index contributed by atoms with van der Waals surface area (Å²) in [5.41, 5.74) is 0.175. The second kappa shape index (κ2) is 8.47. The van der Waals surface area contributed by atoms with Crippen molar-refractivity contribution in [2.45, 2.75) is 0 Å². The van der Waals surface area contributed by atoms with Gasteiger partial charge in [-0.15, -0.1) is 0 Å². The van der Waals surface area contributed by atoms with Gasteiger partial charge in [-0.3, -0.25) is 9.78 Å². The molecule has 0 saturated carbocycles. The molecule has 0 atom stereocenters. The zero-order valence-corrected chi connectivity index (χ0v) is 13.7. The third-order valence-electron chi connectivity index (χ3n) is 3.27. The van der Waals surface area contributed by atoms with E-state index in [0.717, 1.165) is 12.3 Å². The molecule has 0 saturated heterocycles. The highest BCUT2D eigenvalue weighted by Crippen LogP contribution is 2.13. The molecule has 0 aliphatic heterocycles. The lowest BCUT2D eigenvalue weighted by atomic mass is 10.2. The summed E-state index contributed by atoms with van der Waals surface area (Å²) < 4.78 is 13.1. The molecule has 0 aromatic carbocycles. The third kappa shape index (κ3) is 4.94. The van der Waals surface area contributed by atoms with Gasteiger partial charge in [0.1, 0.15) is 29.6 Å². The van der Waals surface area contributed by atoms with Crippen LogP contribution in [0.2, 0.25) is 0 Å². The van der Waals surface area contributed by atoms with Crippen LogP contribution in [-0.4, -0.2) is 38.9 Å². The summed E-state index contributed by atoms with van der Waals surface area (Å²) in [6, 6.07) is 8.38. The number of rotatable bonds is 7. The highest BCUT2D eigenvalue weighted by atomic mass is 19.1. The minimum atomic E-state index is -0.551. The molecule has 9 heteroatoms. The maximum atomic E-state index is 13.1. The van der Waals surface area contributed by atoms with Gasteiger partial charge >= 0.3 is 0 Å². The molecule has 0 spiro atoms. The fourth-order valence-corrected chi connectivity index (χ4v) is 2.09. The predicted molar refractivity (Wildman–Crippen MR) is 94.6 cm³/mol. The molecule has 26 heavy (non-hydrogen) atoms. The maximum Gasteiger partial charge on any atom is 0.253 e. The van der Waals surface area contributed by atoms with Gasteiger partial charge < -0.3 is 16.0 Å². The number of nitrogens with zero attached hydrogens (tertiary/aromatic N) is 4. The van der Waals surface area contributed by atoms with Gasteiger partial charge in [0.25, 0.3) is 5.91 Å². The lowest BCUT2D eigenvalue weighted by Gasteiger charge is -2.09. The quantitative estimate of drug-likeness (QED) is 0.558. The average Bonchev–Trinajstić information content (AvgIpc) is 2.66. The topological polar surface area (TPSA) is 105 Å². The second-order valence-electron chi connectivity index (χ2n) is 5.20. The van der Waals surface area contributed by atoms with E-state index in [2.05, 4.69) is 35.9 Å². The molecular formula is C17H16FN7O. The van der Waals surface area contributed by atoms with Crippen molar-refractivity contribution in [2.24, 2.45) is 0 Å². The van der Waals surface area contributed by atoms with Crippen molar-refractivity contribution in [2.75, 3.05) is 23.7 Å². The third-order valence-corrected chi connectivity index (χ3v) is 3.27. The van der Waals surface area contributed by atoms with Crippen LogP contribution >= 0.6 is 0 Å². The van der Waals surface area contributed by atoms with E-state index in [0.29, 0.717) is 30.5 Å². The summed E-state index contributed by atoms with van der Waals surface area (Å²) in [7, 11) is 0. The van der Waals surface area contributed by atoms with Crippen molar-refractivity contribution >= 4 is 23.4 Å². The molecule has 3 rings (SSSR count). The molecular weight excluding hydrogens is 337 g/mol. The average molecular weight is 353 g/mol. The van der Waals surface area contributed by atoms with Gasteiger partial charge in [-0.1, -0.05) is 6.07 Å². The van der Waals surface area contributed by atoms with E-state index < -0.39 is 5.82 Å². The first-order valence-corrected chi connectivity index (χ1v) is 7.83. The number of hydrogen-bond donors (Lipinski definition) is 3. The largest absolute Gasteiger partial charge is 0.368 e. The summed E-state index contributed by atoms with van der Waals surface area (Å²) in [6.07, 6.45) is 5.46. The van der Waals surface area contributed by atoms with E-state index in [-0.39, 0.29) is 11.5 Å². The number of pyridine rings is 2. The Kier molecular flexibility index (Phi) is 5.61. The van der Waals surface area contributed by atoms with Crippen LogP contribution in [0.4, 0.5) is 21.8 Å². The van der Waals surface area contributed by atoms with Crippen molar-refractivity contribution in [1.29, 1.82) is 0 Å². The Morgan fingerprint density at radius 3 is 2.69 bits per heavy atom. The Balaban J connectivity index is 1.48. The second-order valence-corrected chi connectivity index (χ2v) is 5.20. The Bertz CT molecular complexity index is 876. The van der Waals surface area contributed by atoms with Crippen molar-refractivity contribution in [3.8, 4) is 0 Å². The number of hydrogen-bond acceptors (Lipinski definition) is 7. The van der Waals surface area contributed by atoms with Gasteiger partial charge in [0, 0.05) is 31.5 Å². The number of amides is 1. The van der Waals surface area contributed by atoms with E-state index in [1.807, 2.05) is 18.2 Å². The van der Waals surface area contributed by atoms with E-state index in [4.69, 9.17) is 0 Å². The van der Waals surface area contributed by atoms with Crippen LogP contribution in [-0.2, 0) is 0 Å². The number of carbonyl (C=O) groups excluding carboxylic acids is 1. The fraction of sp³-hybridized carbons (Fsp3) is 0.118. The molecule has 0 unspecified atom stereocenters. The van der Waals surface area contributed by atoms with E-state index in [1.54, 1.807) is 12.3 Å². The van der Waals surface area contributed by atoms with Crippen LogP contribution in [0.1, 0.15) is 10.4 Å². The molecule has 0 bridgehead atoms. The Morgan fingerprint density at radius 1 is 1.00 bits per heavy atom. The highest BCUT2D eigenvalue weighted by molar-refractivity contribution is 5.93. The summed E-state index contributed by atoms with van der Waals surface area (Å²) in [4.78, 5) is 27.9. The van der Waals surface area contributed by atoms with Crippen molar-refractivity contribution in [3.05, 3.63) is 66.6 Å². The number of anilines is 3. The van der Waals surface area contributed by atoms with E-state index in [9.17, 15) is 9.18 Å². The molecule has 0 fully saturated rings. The number of carbonyl (C=O) groups is 1. The molecule has 3 N–H and O–H groups in total. The van der Waals surface area contributed by atoms with Crippen LogP contribution in [0.5, 0.6) is 0 Å².